The van der Waals surface area contributed by atoms with Crippen LogP contribution in [0.3, 0.4) is 0 Å². The summed E-state index contributed by atoms with van der Waals surface area (Å²) in [7, 11) is -3.78. The van der Waals surface area contributed by atoms with Gasteiger partial charge in [-0.25, -0.2) is 13.1 Å². The number of sulfonamides is 1. The Morgan fingerprint density at radius 2 is 1.82 bits per heavy atom. The van der Waals surface area contributed by atoms with E-state index in [1.54, 1.807) is 28.8 Å². The van der Waals surface area contributed by atoms with Gasteiger partial charge in [0.1, 0.15) is 0 Å². The molecule has 0 saturated carbocycles. The Kier molecular flexibility index (Phi) is 6.77. The van der Waals surface area contributed by atoms with Crippen LogP contribution in [0.5, 0.6) is 0 Å². The van der Waals surface area contributed by atoms with Gasteiger partial charge in [-0.15, -0.1) is 0 Å². The normalized spacial score (nSPS) is 12.8. The van der Waals surface area contributed by atoms with Crippen molar-refractivity contribution in [2.45, 2.75) is 44.7 Å². The molecule has 0 unspecified atom stereocenters. The zero-order valence-electron chi connectivity index (χ0n) is 18.6. The third kappa shape index (κ3) is 4.92. The number of aromatic nitrogens is 1. The van der Waals surface area contributed by atoms with Gasteiger partial charge in [-0.1, -0.05) is 71.8 Å². The molecule has 33 heavy (non-hydrogen) atoms. The lowest BCUT2D eigenvalue weighted by molar-refractivity contribution is 0.549. The number of benzene rings is 3. The Hall–Kier alpha value is -2.45. The number of thiazole rings is 1. The highest BCUT2D eigenvalue weighted by molar-refractivity contribution is 7.89. The van der Waals surface area contributed by atoms with Crippen molar-refractivity contribution in [3.63, 3.8) is 0 Å². The largest absolute Gasteiger partial charge is 0.308 e. The van der Waals surface area contributed by atoms with Crippen molar-refractivity contribution in [3.8, 4) is 0 Å². The summed E-state index contributed by atoms with van der Waals surface area (Å²) >= 11 is 7.29. The molecule has 1 atom stereocenters. The van der Waals surface area contributed by atoms with E-state index >= 15 is 0 Å². The van der Waals surface area contributed by atoms with Gasteiger partial charge in [-0.3, -0.25) is 9.36 Å². The van der Waals surface area contributed by atoms with Gasteiger partial charge >= 0.3 is 4.87 Å². The fourth-order valence-electron chi connectivity index (χ4n) is 4.00. The van der Waals surface area contributed by atoms with Gasteiger partial charge in [0.05, 0.1) is 21.7 Å². The molecule has 172 valence electrons. The van der Waals surface area contributed by atoms with Crippen molar-refractivity contribution in [2.24, 2.45) is 0 Å². The first kappa shape index (κ1) is 23.7. The lowest BCUT2D eigenvalue weighted by Gasteiger charge is -2.20. The van der Waals surface area contributed by atoms with Crippen LogP contribution < -0.4 is 9.60 Å². The van der Waals surface area contributed by atoms with Crippen LogP contribution in [0.1, 0.15) is 41.6 Å². The van der Waals surface area contributed by atoms with Gasteiger partial charge in [0.25, 0.3) is 0 Å². The molecule has 1 heterocycles. The maximum Gasteiger partial charge on any atom is 0.308 e. The standard InChI is InChI=1S/C25H25ClN2O3S2/c1-4-22(20-11-9-16(2)13-17(20)3)27-33(30,31)19-10-12-23-24(14-19)32-25(29)28(23)15-18-7-5-6-8-21(18)26/h5-14,22,27H,4,15H2,1-3H3/t22-/m1/s1. The van der Waals surface area contributed by atoms with E-state index in [1.807, 2.05) is 51.1 Å². The number of hydrogen-bond donors (Lipinski definition) is 1. The van der Waals surface area contributed by atoms with E-state index in [0.717, 1.165) is 33.6 Å². The molecule has 0 spiro atoms. The third-order valence-corrected chi connectivity index (χ3v) is 8.52. The Labute approximate surface area is 202 Å². The molecule has 0 saturated heterocycles. The topological polar surface area (TPSA) is 68.2 Å². The van der Waals surface area contributed by atoms with Crippen LogP contribution >= 0.6 is 22.9 Å². The van der Waals surface area contributed by atoms with E-state index in [0.29, 0.717) is 28.2 Å². The number of aryl methyl sites for hydroxylation is 2. The minimum atomic E-state index is -3.78. The number of hydrogen-bond acceptors (Lipinski definition) is 4. The number of halogens is 1. The van der Waals surface area contributed by atoms with Crippen LogP contribution in [0.4, 0.5) is 0 Å². The molecule has 3 aromatic carbocycles. The van der Waals surface area contributed by atoms with Crippen molar-refractivity contribution in [1.82, 2.24) is 9.29 Å². The molecule has 1 aromatic heterocycles. The van der Waals surface area contributed by atoms with E-state index in [4.69, 9.17) is 11.6 Å². The van der Waals surface area contributed by atoms with E-state index in [2.05, 4.69) is 10.8 Å². The van der Waals surface area contributed by atoms with Crippen LogP contribution in [-0.2, 0) is 16.6 Å². The number of fused-ring (bicyclic) bond motifs is 1. The van der Waals surface area contributed by atoms with E-state index in [9.17, 15) is 13.2 Å². The summed E-state index contributed by atoms with van der Waals surface area (Å²) in [5.41, 5.74) is 4.66. The van der Waals surface area contributed by atoms with Gasteiger partial charge in [-0.2, -0.15) is 0 Å². The van der Waals surface area contributed by atoms with Crippen molar-refractivity contribution >= 4 is 43.2 Å². The number of rotatable bonds is 7. The van der Waals surface area contributed by atoms with E-state index in [-0.39, 0.29) is 15.8 Å². The molecular formula is C25H25ClN2O3S2. The van der Waals surface area contributed by atoms with Gasteiger partial charge < -0.3 is 0 Å². The smallest absolute Gasteiger partial charge is 0.294 e. The SMILES string of the molecule is CC[C@@H](NS(=O)(=O)c1ccc2c(c1)sc(=O)n2Cc1ccccc1Cl)c1ccc(C)cc1C. The molecule has 0 radical (unpaired) electrons. The first-order chi connectivity index (χ1) is 15.7. The Balaban J connectivity index is 1.66. The van der Waals surface area contributed by atoms with Crippen molar-refractivity contribution in [1.29, 1.82) is 0 Å². The maximum absolute atomic E-state index is 13.2. The predicted molar refractivity (Wildman–Crippen MR) is 136 cm³/mol. The molecule has 0 fully saturated rings. The van der Waals surface area contributed by atoms with E-state index in [1.165, 1.54) is 0 Å². The van der Waals surface area contributed by atoms with Crippen LogP contribution in [0.15, 0.2) is 70.4 Å². The van der Waals surface area contributed by atoms with Gasteiger partial charge in [0.2, 0.25) is 10.0 Å². The van der Waals surface area contributed by atoms with Crippen molar-refractivity contribution < 1.29 is 8.42 Å². The van der Waals surface area contributed by atoms with Crippen molar-refractivity contribution in [2.75, 3.05) is 0 Å². The Morgan fingerprint density at radius 3 is 2.52 bits per heavy atom. The molecule has 5 nitrogen and oxygen atoms in total. The molecule has 0 aliphatic heterocycles. The summed E-state index contributed by atoms with van der Waals surface area (Å²) in [6.07, 6.45) is 0.618. The Bertz CT molecular complexity index is 1490. The second kappa shape index (κ2) is 9.43. The van der Waals surface area contributed by atoms with Gasteiger partial charge in [0.15, 0.2) is 0 Å². The highest BCUT2D eigenvalue weighted by Crippen LogP contribution is 2.27. The highest BCUT2D eigenvalue weighted by Gasteiger charge is 2.22. The summed E-state index contributed by atoms with van der Waals surface area (Å²) in [5.74, 6) is 0. The third-order valence-electron chi connectivity index (χ3n) is 5.74. The lowest BCUT2D eigenvalue weighted by Crippen LogP contribution is -2.28. The van der Waals surface area contributed by atoms with Crippen LogP contribution in [0.2, 0.25) is 5.02 Å². The predicted octanol–water partition coefficient (Wildman–Crippen LogP) is 5.81. The summed E-state index contributed by atoms with van der Waals surface area (Å²) in [6, 6.07) is 17.9. The molecule has 4 aromatic rings. The fourth-order valence-corrected chi connectivity index (χ4v) is 6.52. The van der Waals surface area contributed by atoms with Crippen LogP contribution in [-0.4, -0.2) is 13.0 Å². The zero-order chi connectivity index (χ0) is 23.8. The summed E-state index contributed by atoms with van der Waals surface area (Å²) in [6.45, 7) is 6.29. The lowest BCUT2D eigenvalue weighted by atomic mass is 9.98. The summed E-state index contributed by atoms with van der Waals surface area (Å²) in [4.78, 5) is 12.6. The second-order valence-electron chi connectivity index (χ2n) is 8.12. The Morgan fingerprint density at radius 1 is 1.06 bits per heavy atom. The zero-order valence-corrected chi connectivity index (χ0v) is 21.0. The first-order valence-electron chi connectivity index (χ1n) is 10.7. The molecule has 0 amide bonds. The average Bonchev–Trinajstić information content (AvgIpc) is 3.08. The van der Waals surface area contributed by atoms with Gasteiger partial charge in [0, 0.05) is 11.1 Å². The average molecular weight is 501 g/mol. The molecule has 0 aliphatic carbocycles. The molecule has 0 bridgehead atoms. The van der Waals surface area contributed by atoms with E-state index < -0.39 is 10.0 Å². The summed E-state index contributed by atoms with van der Waals surface area (Å²) in [5, 5.41) is 0.587. The minimum Gasteiger partial charge on any atom is -0.294 e. The molecule has 0 aliphatic rings. The maximum atomic E-state index is 13.2. The quantitative estimate of drug-likeness (QED) is 0.348. The molecule has 4 rings (SSSR count). The summed E-state index contributed by atoms with van der Waals surface area (Å²) < 4.78 is 31.5. The van der Waals surface area contributed by atoms with Gasteiger partial charge in [-0.05, 0) is 61.2 Å². The van der Waals surface area contributed by atoms with Crippen LogP contribution in [0, 0.1) is 13.8 Å². The molecule has 8 heteroatoms. The monoisotopic (exact) mass is 500 g/mol. The second-order valence-corrected chi connectivity index (χ2v) is 11.2. The first-order valence-corrected chi connectivity index (χ1v) is 13.3. The molecular weight excluding hydrogens is 476 g/mol. The van der Waals surface area contributed by atoms with Crippen molar-refractivity contribution in [3.05, 3.63) is 97.6 Å². The number of nitrogens with zero attached hydrogens (tertiary/aromatic N) is 1. The number of nitrogens with one attached hydrogen (secondary N) is 1. The fraction of sp³-hybridized carbons (Fsp3) is 0.240. The molecule has 1 N–H and O–H groups in total. The van der Waals surface area contributed by atoms with Crippen LogP contribution in [0.25, 0.3) is 10.2 Å². The highest BCUT2D eigenvalue weighted by atomic mass is 35.5. The minimum absolute atomic E-state index is 0.143.